The fourth-order valence-electron chi connectivity index (χ4n) is 2.32. The number of morpholine rings is 1. The standard InChI is InChI=1S/C16H23ClN2O2/c1-12(2)18(3)16(20)11-19-8-9-21-15(10-19)13-4-6-14(17)7-5-13/h4-7,12,15H,8-11H2,1-3H3/t15-/m0/s1. The minimum atomic E-state index is 0.00757. The van der Waals surface area contributed by atoms with Crippen molar-refractivity contribution in [1.82, 2.24) is 9.80 Å². The van der Waals surface area contributed by atoms with E-state index in [1.807, 2.05) is 45.2 Å². The summed E-state index contributed by atoms with van der Waals surface area (Å²) in [5.74, 6) is 0.154. The lowest BCUT2D eigenvalue weighted by Gasteiger charge is -2.34. The molecule has 0 aliphatic carbocycles. The molecule has 1 aliphatic rings. The molecule has 1 fully saturated rings. The third-order valence-electron chi connectivity index (χ3n) is 3.92. The maximum atomic E-state index is 12.2. The molecule has 4 nitrogen and oxygen atoms in total. The highest BCUT2D eigenvalue weighted by molar-refractivity contribution is 6.30. The number of nitrogens with zero attached hydrogens (tertiary/aromatic N) is 2. The number of ether oxygens (including phenoxy) is 1. The molecule has 0 N–H and O–H groups in total. The van der Waals surface area contributed by atoms with Gasteiger partial charge in [0.15, 0.2) is 0 Å². The zero-order valence-electron chi connectivity index (χ0n) is 12.9. The summed E-state index contributed by atoms with van der Waals surface area (Å²) in [5.41, 5.74) is 1.11. The molecule has 2 rings (SSSR count). The molecule has 1 amide bonds. The predicted octanol–water partition coefficient (Wildman–Crippen LogP) is 2.58. The highest BCUT2D eigenvalue weighted by Gasteiger charge is 2.24. The number of carbonyl (C=O) groups is 1. The summed E-state index contributed by atoms with van der Waals surface area (Å²) in [7, 11) is 1.85. The van der Waals surface area contributed by atoms with Crippen LogP contribution in [0.5, 0.6) is 0 Å². The molecular formula is C16H23ClN2O2. The smallest absolute Gasteiger partial charge is 0.236 e. The van der Waals surface area contributed by atoms with E-state index in [2.05, 4.69) is 4.90 Å². The van der Waals surface area contributed by atoms with Crippen LogP contribution in [0.3, 0.4) is 0 Å². The first-order valence-electron chi connectivity index (χ1n) is 7.32. The fourth-order valence-corrected chi connectivity index (χ4v) is 2.44. The van der Waals surface area contributed by atoms with Gasteiger partial charge in [-0.15, -0.1) is 0 Å². The first-order valence-corrected chi connectivity index (χ1v) is 7.70. The van der Waals surface area contributed by atoms with Gasteiger partial charge in [-0.3, -0.25) is 9.69 Å². The van der Waals surface area contributed by atoms with E-state index < -0.39 is 0 Å². The number of carbonyl (C=O) groups excluding carboxylic acids is 1. The Labute approximate surface area is 131 Å². The molecule has 0 bridgehead atoms. The number of hydrogen-bond donors (Lipinski definition) is 0. The minimum absolute atomic E-state index is 0.00757. The average molecular weight is 311 g/mol. The van der Waals surface area contributed by atoms with Crippen LogP contribution in [0.4, 0.5) is 0 Å². The van der Waals surface area contributed by atoms with E-state index in [1.165, 1.54) is 0 Å². The largest absolute Gasteiger partial charge is 0.371 e. The Morgan fingerprint density at radius 2 is 2.10 bits per heavy atom. The number of halogens is 1. The van der Waals surface area contributed by atoms with Crippen molar-refractivity contribution in [2.45, 2.75) is 26.0 Å². The van der Waals surface area contributed by atoms with Crippen LogP contribution in [0.2, 0.25) is 5.02 Å². The molecule has 1 saturated heterocycles. The van der Waals surface area contributed by atoms with Crippen molar-refractivity contribution in [2.75, 3.05) is 33.3 Å². The Kier molecular flexibility index (Phi) is 5.62. The minimum Gasteiger partial charge on any atom is -0.371 e. The van der Waals surface area contributed by atoms with Gasteiger partial charge in [-0.05, 0) is 31.5 Å². The molecule has 1 aromatic rings. The highest BCUT2D eigenvalue weighted by Crippen LogP contribution is 2.23. The van der Waals surface area contributed by atoms with E-state index >= 15 is 0 Å². The second-order valence-corrected chi connectivity index (χ2v) is 6.18. The Hall–Kier alpha value is -1.10. The molecule has 1 aliphatic heterocycles. The quantitative estimate of drug-likeness (QED) is 0.857. The summed E-state index contributed by atoms with van der Waals surface area (Å²) in [4.78, 5) is 16.1. The van der Waals surface area contributed by atoms with Gasteiger partial charge >= 0.3 is 0 Å². The molecule has 116 valence electrons. The van der Waals surface area contributed by atoms with E-state index in [1.54, 1.807) is 4.90 Å². The van der Waals surface area contributed by atoms with Crippen LogP contribution in [0.25, 0.3) is 0 Å². The number of rotatable bonds is 4. The summed E-state index contributed by atoms with van der Waals surface area (Å²) in [6.45, 7) is 6.66. The first kappa shape index (κ1) is 16.3. The monoisotopic (exact) mass is 310 g/mol. The molecule has 1 heterocycles. The Balaban J connectivity index is 1.94. The van der Waals surface area contributed by atoms with Gasteiger partial charge in [-0.2, -0.15) is 0 Å². The predicted molar refractivity (Wildman–Crippen MR) is 84.5 cm³/mol. The second kappa shape index (κ2) is 7.25. The Morgan fingerprint density at radius 3 is 2.71 bits per heavy atom. The van der Waals surface area contributed by atoms with Gasteiger partial charge in [-0.25, -0.2) is 0 Å². The van der Waals surface area contributed by atoms with Gasteiger partial charge in [0.25, 0.3) is 0 Å². The van der Waals surface area contributed by atoms with Crippen LogP contribution in [-0.4, -0.2) is 55.0 Å². The molecule has 0 spiro atoms. The summed E-state index contributed by atoms with van der Waals surface area (Å²) in [6, 6.07) is 7.94. The van der Waals surface area contributed by atoms with Crippen LogP contribution in [0.15, 0.2) is 24.3 Å². The summed E-state index contributed by atoms with van der Waals surface area (Å²) in [6.07, 6.45) is 0.00757. The van der Waals surface area contributed by atoms with Crippen molar-refractivity contribution in [3.63, 3.8) is 0 Å². The lowest BCUT2D eigenvalue weighted by molar-refractivity contribution is -0.134. The van der Waals surface area contributed by atoms with Crippen molar-refractivity contribution >= 4 is 17.5 Å². The van der Waals surface area contributed by atoms with Gasteiger partial charge < -0.3 is 9.64 Å². The van der Waals surface area contributed by atoms with Crippen LogP contribution < -0.4 is 0 Å². The van der Waals surface area contributed by atoms with Crippen molar-refractivity contribution in [3.05, 3.63) is 34.9 Å². The summed E-state index contributed by atoms with van der Waals surface area (Å²) in [5, 5.41) is 0.722. The third kappa shape index (κ3) is 4.43. The average Bonchev–Trinajstić information content (AvgIpc) is 2.47. The lowest BCUT2D eigenvalue weighted by atomic mass is 10.1. The SMILES string of the molecule is CC(C)N(C)C(=O)CN1CCO[C@H](c2ccc(Cl)cc2)C1. The Bertz CT molecular complexity index is 476. The third-order valence-corrected chi connectivity index (χ3v) is 4.17. The molecule has 21 heavy (non-hydrogen) atoms. The zero-order valence-corrected chi connectivity index (χ0v) is 13.6. The summed E-state index contributed by atoms with van der Waals surface area (Å²) >= 11 is 5.91. The topological polar surface area (TPSA) is 32.8 Å². The number of hydrogen-bond acceptors (Lipinski definition) is 3. The molecule has 0 radical (unpaired) electrons. The van der Waals surface area contributed by atoms with E-state index in [0.717, 1.165) is 23.7 Å². The molecule has 0 aromatic heterocycles. The van der Waals surface area contributed by atoms with E-state index in [0.29, 0.717) is 13.2 Å². The van der Waals surface area contributed by atoms with Gasteiger partial charge in [0.05, 0.1) is 19.3 Å². The fraction of sp³-hybridized carbons (Fsp3) is 0.562. The highest BCUT2D eigenvalue weighted by atomic mass is 35.5. The zero-order chi connectivity index (χ0) is 15.4. The maximum absolute atomic E-state index is 12.2. The van der Waals surface area contributed by atoms with E-state index in [4.69, 9.17) is 16.3 Å². The molecular weight excluding hydrogens is 288 g/mol. The van der Waals surface area contributed by atoms with Crippen LogP contribution >= 0.6 is 11.6 Å². The van der Waals surface area contributed by atoms with Crippen molar-refractivity contribution in [2.24, 2.45) is 0 Å². The first-order chi connectivity index (χ1) is 9.97. The van der Waals surface area contributed by atoms with Crippen LogP contribution in [0.1, 0.15) is 25.5 Å². The van der Waals surface area contributed by atoms with Crippen LogP contribution in [-0.2, 0) is 9.53 Å². The van der Waals surface area contributed by atoms with Gasteiger partial charge in [0.1, 0.15) is 0 Å². The van der Waals surface area contributed by atoms with Crippen molar-refractivity contribution in [3.8, 4) is 0 Å². The molecule has 1 aromatic carbocycles. The summed E-state index contributed by atoms with van der Waals surface area (Å²) < 4.78 is 5.81. The molecule has 5 heteroatoms. The van der Waals surface area contributed by atoms with Gasteiger partial charge in [0, 0.05) is 31.2 Å². The Morgan fingerprint density at radius 1 is 1.43 bits per heavy atom. The van der Waals surface area contributed by atoms with E-state index in [-0.39, 0.29) is 18.1 Å². The molecule has 0 unspecified atom stereocenters. The van der Waals surface area contributed by atoms with E-state index in [9.17, 15) is 4.79 Å². The van der Waals surface area contributed by atoms with Crippen molar-refractivity contribution < 1.29 is 9.53 Å². The molecule has 1 atom stereocenters. The number of benzene rings is 1. The normalized spacial score (nSPS) is 19.8. The van der Waals surface area contributed by atoms with Gasteiger partial charge in [-0.1, -0.05) is 23.7 Å². The van der Waals surface area contributed by atoms with Crippen LogP contribution in [0, 0.1) is 0 Å². The van der Waals surface area contributed by atoms with Crippen molar-refractivity contribution in [1.29, 1.82) is 0 Å². The number of amides is 1. The lowest BCUT2D eigenvalue weighted by Crippen LogP contribution is -2.46. The van der Waals surface area contributed by atoms with Gasteiger partial charge in [0.2, 0.25) is 5.91 Å². The molecule has 0 saturated carbocycles. The maximum Gasteiger partial charge on any atom is 0.236 e. The second-order valence-electron chi connectivity index (χ2n) is 5.74. The number of likely N-dealkylation sites (N-methyl/N-ethyl adjacent to an activating group) is 1.